The van der Waals surface area contributed by atoms with E-state index >= 15 is 0 Å². The van der Waals surface area contributed by atoms with E-state index in [0.29, 0.717) is 6.61 Å². The molecule has 3 aromatic carbocycles. The van der Waals surface area contributed by atoms with E-state index < -0.39 is 5.60 Å². The molecule has 2 aliphatic rings. The molecule has 2 atom stereocenters. The van der Waals surface area contributed by atoms with Gasteiger partial charge in [0, 0.05) is 11.6 Å². The summed E-state index contributed by atoms with van der Waals surface area (Å²) in [5.41, 5.74) is 2.78. The molecule has 0 unspecified atom stereocenters. The molecule has 0 saturated carbocycles. The lowest BCUT2D eigenvalue weighted by molar-refractivity contribution is -0.0492. The molecule has 3 nitrogen and oxygen atoms in total. The maximum atomic E-state index is 9.91. The first-order valence-corrected chi connectivity index (χ1v) is 11.5. The van der Waals surface area contributed by atoms with Crippen LogP contribution in [0.4, 0.5) is 0 Å². The molecule has 0 aromatic heterocycles. The zero-order valence-corrected chi connectivity index (χ0v) is 18.0. The van der Waals surface area contributed by atoms with Crippen molar-refractivity contribution in [2.24, 2.45) is 0 Å². The number of nitrogens with zero attached hydrogens (tertiary/aromatic N) is 1. The second-order valence-electron chi connectivity index (χ2n) is 8.96. The first kappa shape index (κ1) is 20.4. The molecule has 0 amide bonds. The molecule has 2 fully saturated rings. The Morgan fingerprint density at radius 1 is 0.806 bits per heavy atom. The monoisotopic (exact) mass is 413 g/mol. The predicted octanol–water partition coefficient (Wildman–Crippen LogP) is 4.98. The Morgan fingerprint density at radius 2 is 1.32 bits per heavy atom. The summed E-state index contributed by atoms with van der Waals surface area (Å²) in [7, 11) is 0. The highest BCUT2D eigenvalue weighted by Gasteiger charge is 2.51. The van der Waals surface area contributed by atoms with Crippen molar-refractivity contribution < 1.29 is 9.84 Å². The van der Waals surface area contributed by atoms with E-state index in [1.807, 2.05) is 0 Å². The van der Waals surface area contributed by atoms with Crippen molar-refractivity contribution in [1.29, 1.82) is 0 Å². The van der Waals surface area contributed by atoms with Gasteiger partial charge in [0.15, 0.2) is 0 Å². The highest BCUT2D eigenvalue weighted by molar-refractivity contribution is 5.47. The standard InChI is InChI=1S/C28H31NO2/c30-21-26-17-19-27(18-10-20-29(26)27)22-31-28(23-11-4-1-5-12-23,24-13-6-2-7-14-24)25-15-8-3-9-16-25/h1-9,11-16,26,30H,10,17-22H2/t26-,27+/m0/s1. The van der Waals surface area contributed by atoms with Gasteiger partial charge in [0.1, 0.15) is 5.60 Å². The zero-order valence-electron chi connectivity index (χ0n) is 18.0. The second-order valence-corrected chi connectivity index (χ2v) is 8.96. The summed E-state index contributed by atoms with van der Waals surface area (Å²) < 4.78 is 7.15. The largest absolute Gasteiger partial charge is 0.395 e. The maximum Gasteiger partial charge on any atom is 0.143 e. The number of hydrogen-bond acceptors (Lipinski definition) is 3. The molecule has 160 valence electrons. The van der Waals surface area contributed by atoms with Gasteiger partial charge in [-0.15, -0.1) is 0 Å². The van der Waals surface area contributed by atoms with Crippen molar-refractivity contribution in [2.45, 2.75) is 42.9 Å². The number of hydrogen-bond donors (Lipinski definition) is 1. The summed E-state index contributed by atoms with van der Waals surface area (Å²) in [6.45, 7) is 1.95. The van der Waals surface area contributed by atoms with Crippen LogP contribution in [0.15, 0.2) is 91.0 Å². The summed E-state index contributed by atoms with van der Waals surface area (Å²) in [5.74, 6) is 0. The number of fused-ring (bicyclic) bond motifs is 1. The minimum absolute atomic E-state index is 0.0248. The molecule has 1 N–H and O–H groups in total. The Labute approximate surface area is 185 Å². The van der Waals surface area contributed by atoms with Crippen molar-refractivity contribution in [1.82, 2.24) is 4.90 Å². The smallest absolute Gasteiger partial charge is 0.143 e. The second kappa shape index (κ2) is 8.58. The van der Waals surface area contributed by atoms with E-state index in [0.717, 1.165) is 42.5 Å². The van der Waals surface area contributed by atoms with E-state index in [1.54, 1.807) is 0 Å². The number of rotatable bonds is 7. The van der Waals surface area contributed by atoms with Crippen LogP contribution in [0.25, 0.3) is 0 Å². The normalized spacial score (nSPS) is 23.7. The summed E-state index contributed by atoms with van der Waals surface area (Å²) in [4.78, 5) is 2.53. The molecular formula is C28H31NO2. The van der Waals surface area contributed by atoms with Crippen molar-refractivity contribution >= 4 is 0 Å². The predicted molar refractivity (Wildman–Crippen MR) is 124 cm³/mol. The van der Waals surface area contributed by atoms with Crippen molar-refractivity contribution in [2.75, 3.05) is 19.8 Å². The highest BCUT2D eigenvalue weighted by Crippen LogP contribution is 2.46. The Morgan fingerprint density at radius 3 is 1.81 bits per heavy atom. The van der Waals surface area contributed by atoms with Crippen LogP contribution in [-0.4, -0.2) is 41.3 Å². The summed E-state index contributed by atoms with van der Waals surface area (Å²) in [6.07, 6.45) is 4.45. The van der Waals surface area contributed by atoms with Gasteiger partial charge in [0.25, 0.3) is 0 Å². The van der Waals surface area contributed by atoms with E-state index in [1.165, 1.54) is 6.42 Å². The van der Waals surface area contributed by atoms with Crippen molar-refractivity contribution in [3.8, 4) is 0 Å². The number of aliphatic hydroxyl groups excluding tert-OH is 1. The Balaban J connectivity index is 1.61. The number of aliphatic hydroxyl groups is 1. The quantitative estimate of drug-likeness (QED) is 0.554. The Kier molecular flexibility index (Phi) is 5.66. The fourth-order valence-electron chi connectivity index (χ4n) is 5.82. The number of benzene rings is 3. The fraction of sp³-hybridized carbons (Fsp3) is 0.357. The first-order valence-electron chi connectivity index (χ1n) is 11.5. The van der Waals surface area contributed by atoms with Gasteiger partial charge >= 0.3 is 0 Å². The third kappa shape index (κ3) is 3.51. The average Bonchev–Trinajstić information content (AvgIpc) is 3.41. The van der Waals surface area contributed by atoms with E-state index in [-0.39, 0.29) is 18.2 Å². The van der Waals surface area contributed by atoms with Crippen LogP contribution in [0.1, 0.15) is 42.4 Å². The van der Waals surface area contributed by atoms with Crippen LogP contribution in [-0.2, 0) is 10.3 Å². The van der Waals surface area contributed by atoms with Gasteiger partial charge in [-0.05, 0) is 48.9 Å². The van der Waals surface area contributed by atoms with E-state index in [4.69, 9.17) is 4.74 Å². The molecule has 31 heavy (non-hydrogen) atoms. The fourth-order valence-corrected chi connectivity index (χ4v) is 5.82. The maximum absolute atomic E-state index is 9.91. The summed E-state index contributed by atoms with van der Waals surface area (Å²) >= 11 is 0. The molecule has 3 heteroatoms. The lowest BCUT2D eigenvalue weighted by atomic mass is 9.79. The molecule has 2 saturated heterocycles. The average molecular weight is 414 g/mol. The topological polar surface area (TPSA) is 32.7 Å². The van der Waals surface area contributed by atoms with Gasteiger partial charge in [-0.3, -0.25) is 4.90 Å². The zero-order chi connectivity index (χ0) is 21.2. The number of ether oxygens (including phenoxy) is 1. The van der Waals surface area contributed by atoms with Crippen LogP contribution in [0.2, 0.25) is 0 Å². The Hall–Kier alpha value is -2.46. The molecule has 2 heterocycles. The van der Waals surface area contributed by atoms with Gasteiger partial charge < -0.3 is 9.84 Å². The lowest BCUT2D eigenvalue weighted by Crippen LogP contribution is -2.49. The first-order chi connectivity index (χ1) is 15.3. The van der Waals surface area contributed by atoms with Crippen LogP contribution in [0.3, 0.4) is 0 Å². The van der Waals surface area contributed by atoms with Crippen LogP contribution >= 0.6 is 0 Å². The molecule has 0 bridgehead atoms. The molecule has 0 aliphatic carbocycles. The highest BCUT2D eigenvalue weighted by atomic mass is 16.5. The molecule has 3 aromatic rings. The van der Waals surface area contributed by atoms with Crippen LogP contribution < -0.4 is 0 Å². The molecule has 2 aliphatic heterocycles. The van der Waals surface area contributed by atoms with Crippen molar-refractivity contribution in [3.63, 3.8) is 0 Å². The minimum atomic E-state index is -0.676. The van der Waals surface area contributed by atoms with E-state index in [2.05, 4.69) is 95.9 Å². The summed E-state index contributed by atoms with van der Waals surface area (Å²) in [6, 6.07) is 32.1. The Bertz CT molecular complexity index is 879. The molecule has 0 radical (unpaired) electrons. The van der Waals surface area contributed by atoms with Gasteiger partial charge in [-0.25, -0.2) is 0 Å². The van der Waals surface area contributed by atoms with Crippen LogP contribution in [0, 0.1) is 0 Å². The van der Waals surface area contributed by atoms with Gasteiger partial charge in [-0.1, -0.05) is 91.0 Å². The lowest BCUT2D eigenvalue weighted by Gasteiger charge is -2.41. The minimum Gasteiger partial charge on any atom is -0.395 e. The molecule has 5 rings (SSSR count). The van der Waals surface area contributed by atoms with E-state index in [9.17, 15) is 5.11 Å². The van der Waals surface area contributed by atoms with Gasteiger partial charge in [-0.2, -0.15) is 0 Å². The van der Waals surface area contributed by atoms with Gasteiger partial charge in [0.05, 0.1) is 13.2 Å². The van der Waals surface area contributed by atoms with Gasteiger partial charge in [0.2, 0.25) is 0 Å². The summed E-state index contributed by atoms with van der Waals surface area (Å²) in [5, 5.41) is 9.91. The van der Waals surface area contributed by atoms with Crippen LogP contribution in [0.5, 0.6) is 0 Å². The molecular weight excluding hydrogens is 382 g/mol. The third-order valence-corrected chi connectivity index (χ3v) is 7.34. The molecule has 0 spiro atoms. The SMILES string of the molecule is OC[C@@H]1CC[C@@]2(COC(c3ccccc3)(c3ccccc3)c3ccccc3)CCCN12. The van der Waals surface area contributed by atoms with Crippen molar-refractivity contribution in [3.05, 3.63) is 108 Å². The third-order valence-electron chi connectivity index (χ3n) is 7.34.